The van der Waals surface area contributed by atoms with E-state index in [9.17, 15) is 4.79 Å². The molecule has 3 heteroatoms. The van der Waals surface area contributed by atoms with E-state index in [-0.39, 0.29) is 17.7 Å². The predicted molar refractivity (Wildman–Crippen MR) is 65.1 cm³/mol. The third kappa shape index (κ3) is 3.42. The van der Waals surface area contributed by atoms with Crippen molar-refractivity contribution in [3.05, 3.63) is 29.1 Å². The molecule has 2 N–H and O–H groups in total. The topological polar surface area (TPSA) is 56.0 Å². The normalized spacial score (nSPS) is 12.9. The van der Waals surface area contributed by atoms with Gasteiger partial charge in [0.15, 0.2) is 0 Å². The molecular weight excluding hydrogens is 200 g/mol. The van der Waals surface area contributed by atoms with Gasteiger partial charge in [-0.3, -0.25) is 9.78 Å². The molecule has 0 aromatic carbocycles. The quantitative estimate of drug-likeness (QED) is 0.846. The number of carbonyl (C=O) groups is 1. The van der Waals surface area contributed by atoms with Crippen LogP contribution in [-0.4, -0.2) is 10.8 Å². The van der Waals surface area contributed by atoms with Crippen LogP contribution in [0.1, 0.15) is 43.8 Å². The van der Waals surface area contributed by atoms with Gasteiger partial charge in [-0.2, -0.15) is 0 Å². The number of hydrogen-bond acceptors (Lipinski definition) is 3. The summed E-state index contributed by atoms with van der Waals surface area (Å²) in [5.74, 6) is 0.273. The van der Waals surface area contributed by atoms with Crippen LogP contribution in [0.2, 0.25) is 0 Å². The molecule has 0 aliphatic rings. The first-order chi connectivity index (χ1) is 7.40. The van der Waals surface area contributed by atoms with E-state index in [1.54, 1.807) is 0 Å². The Hall–Kier alpha value is -1.22. The molecule has 0 amide bonds. The smallest absolute Gasteiger partial charge is 0.141 e. The van der Waals surface area contributed by atoms with Gasteiger partial charge in [0.05, 0.1) is 0 Å². The van der Waals surface area contributed by atoms with Gasteiger partial charge in [0.1, 0.15) is 5.78 Å². The van der Waals surface area contributed by atoms with Crippen LogP contribution in [0.5, 0.6) is 0 Å². The second-order valence-corrected chi connectivity index (χ2v) is 4.62. The van der Waals surface area contributed by atoms with E-state index in [2.05, 4.69) is 4.98 Å². The van der Waals surface area contributed by atoms with Gasteiger partial charge >= 0.3 is 0 Å². The molecule has 0 saturated carbocycles. The van der Waals surface area contributed by atoms with E-state index in [4.69, 9.17) is 5.73 Å². The van der Waals surface area contributed by atoms with Crippen LogP contribution in [0.15, 0.2) is 12.1 Å². The van der Waals surface area contributed by atoms with Crippen molar-refractivity contribution in [1.29, 1.82) is 0 Å². The van der Waals surface area contributed by atoms with Crippen LogP contribution in [0.4, 0.5) is 0 Å². The minimum atomic E-state index is -0.0189. The zero-order valence-electron chi connectivity index (χ0n) is 10.4. The van der Waals surface area contributed by atoms with E-state index < -0.39 is 0 Å². The lowest BCUT2D eigenvalue weighted by atomic mass is 10.0. The van der Waals surface area contributed by atoms with Crippen LogP contribution in [0, 0.1) is 12.8 Å². The molecule has 1 aromatic rings. The minimum absolute atomic E-state index is 0.0189. The van der Waals surface area contributed by atoms with Crippen molar-refractivity contribution in [2.45, 2.75) is 40.2 Å². The van der Waals surface area contributed by atoms with E-state index in [0.717, 1.165) is 17.0 Å². The first-order valence-corrected chi connectivity index (χ1v) is 5.66. The van der Waals surface area contributed by atoms with Gasteiger partial charge in [-0.1, -0.05) is 13.8 Å². The lowest BCUT2D eigenvalue weighted by Crippen LogP contribution is -2.13. The molecule has 1 rings (SSSR count). The van der Waals surface area contributed by atoms with Gasteiger partial charge in [0, 0.05) is 29.8 Å². The first-order valence-electron chi connectivity index (χ1n) is 5.66. The SMILES string of the molecule is Cc1cc(C(C)N)cc(CC(=O)C(C)C)n1. The fourth-order valence-electron chi connectivity index (χ4n) is 1.50. The predicted octanol–water partition coefficient (Wildman–Crippen LogP) is 2.18. The van der Waals surface area contributed by atoms with Crippen molar-refractivity contribution in [2.24, 2.45) is 11.7 Å². The van der Waals surface area contributed by atoms with Gasteiger partial charge in [-0.05, 0) is 31.5 Å². The molecular formula is C13H20N2O. The number of aromatic nitrogens is 1. The summed E-state index contributed by atoms with van der Waals surface area (Å²) in [5, 5.41) is 0. The molecule has 16 heavy (non-hydrogen) atoms. The Morgan fingerprint density at radius 3 is 2.50 bits per heavy atom. The molecule has 1 atom stereocenters. The fourth-order valence-corrected chi connectivity index (χ4v) is 1.50. The maximum atomic E-state index is 11.6. The third-order valence-electron chi connectivity index (χ3n) is 2.55. The molecule has 88 valence electrons. The number of pyridine rings is 1. The highest BCUT2D eigenvalue weighted by molar-refractivity contribution is 5.82. The van der Waals surface area contributed by atoms with Gasteiger partial charge in [-0.25, -0.2) is 0 Å². The number of nitrogens with zero attached hydrogens (tertiary/aromatic N) is 1. The molecule has 0 radical (unpaired) electrons. The van der Waals surface area contributed by atoms with E-state index >= 15 is 0 Å². The van der Waals surface area contributed by atoms with E-state index in [0.29, 0.717) is 6.42 Å². The van der Waals surface area contributed by atoms with Crippen molar-refractivity contribution in [3.8, 4) is 0 Å². The molecule has 1 aromatic heterocycles. The minimum Gasteiger partial charge on any atom is -0.324 e. The average Bonchev–Trinajstić information content (AvgIpc) is 2.16. The highest BCUT2D eigenvalue weighted by Crippen LogP contribution is 2.13. The number of nitrogens with two attached hydrogens (primary N) is 1. The maximum absolute atomic E-state index is 11.6. The molecule has 0 saturated heterocycles. The summed E-state index contributed by atoms with van der Waals surface area (Å²) in [5.41, 5.74) is 8.61. The van der Waals surface area contributed by atoms with Crippen molar-refractivity contribution < 1.29 is 4.79 Å². The zero-order chi connectivity index (χ0) is 12.3. The molecule has 0 fully saturated rings. The van der Waals surface area contributed by atoms with Crippen LogP contribution in [0.3, 0.4) is 0 Å². The second-order valence-electron chi connectivity index (χ2n) is 4.62. The van der Waals surface area contributed by atoms with Gasteiger partial charge < -0.3 is 5.73 Å². The fraction of sp³-hybridized carbons (Fsp3) is 0.538. The molecule has 1 unspecified atom stereocenters. The Morgan fingerprint density at radius 2 is 2.00 bits per heavy atom. The van der Waals surface area contributed by atoms with Crippen LogP contribution in [0.25, 0.3) is 0 Å². The third-order valence-corrected chi connectivity index (χ3v) is 2.55. The van der Waals surface area contributed by atoms with E-state index in [1.807, 2.05) is 39.8 Å². The molecule has 0 spiro atoms. The van der Waals surface area contributed by atoms with E-state index in [1.165, 1.54) is 0 Å². The second kappa shape index (κ2) is 5.21. The summed E-state index contributed by atoms with van der Waals surface area (Å²) >= 11 is 0. The highest BCUT2D eigenvalue weighted by Gasteiger charge is 2.11. The molecule has 0 bridgehead atoms. The Morgan fingerprint density at radius 1 is 1.38 bits per heavy atom. The summed E-state index contributed by atoms with van der Waals surface area (Å²) in [6.45, 7) is 7.67. The van der Waals surface area contributed by atoms with Crippen molar-refractivity contribution in [1.82, 2.24) is 4.98 Å². The Labute approximate surface area is 97.1 Å². The van der Waals surface area contributed by atoms with Crippen LogP contribution in [-0.2, 0) is 11.2 Å². The standard InChI is InChI=1S/C13H20N2O/c1-8(2)13(16)7-12-6-11(10(4)14)5-9(3)15-12/h5-6,8,10H,7,14H2,1-4H3. The zero-order valence-corrected chi connectivity index (χ0v) is 10.4. The largest absolute Gasteiger partial charge is 0.324 e. The monoisotopic (exact) mass is 220 g/mol. The number of ketones is 1. The lowest BCUT2D eigenvalue weighted by molar-refractivity contribution is -0.121. The summed E-state index contributed by atoms with van der Waals surface area (Å²) in [4.78, 5) is 16.0. The number of carbonyl (C=O) groups excluding carboxylic acids is 1. The van der Waals surface area contributed by atoms with Crippen molar-refractivity contribution >= 4 is 5.78 Å². The Kier molecular flexibility index (Phi) is 4.19. The average molecular weight is 220 g/mol. The Balaban J connectivity index is 2.92. The Bertz CT molecular complexity index is 384. The highest BCUT2D eigenvalue weighted by atomic mass is 16.1. The van der Waals surface area contributed by atoms with Crippen LogP contribution >= 0.6 is 0 Å². The summed E-state index contributed by atoms with van der Waals surface area (Å²) in [6, 6.07) is 3.88. The molecule has 0 aliphatic carbocycles. The summed E-state index contributed by atoms with van der Waals surface area (Å²) < 4.78 is 0. The van der Waals surface area contributed by atoms with Crippen molar-refractivity contribution in [2.75, 3.05) is 0 Å². The lowest BCUT2D eigenvalue weighted by Gasteiger charge is -2.10. The molecule has 0 aliphatic heterocycles. The first kappa shape index (κ1) is 12.8. The summed E-state index contributed by atoms with van der Waals surface area (Å²) in [7, 11) is 0. The van der Waals surface area contributed by atoms with Crippen LogP contribution < -0.4 is 5.73 Å². The van der Waals surface area contributed by atoms with Gasteiger partial charge in [-0.15, -0.1) is 0 Å². The molecule has 1 heterocycles. The summed E-state index contributed by atoms with van der Waals surface area (Å²) in [6.07, 6.45) is 0.402. The number of Topliss-reactive ketones (excluding diaryl/α,β-unsaturated/α-hetero) is 1. The number of rotatable bonds is 4. The van der Waals surface area contributed by atoms with Crippen molar-refractivity contribution in [3.63, 3.8) is 0 Å². The van der Waals surface area contributed by atoms with Gasteiger partial charge in [0.25, 0.3) is 0 Å². The molecule has 3 nitrogen and oxygen atoms in total. The number of hydrogen-bond donors (Lipinski definition) is 1. The van der Waals surface area contributed by atoms with Gasteiger partial charge in [0.2, 0.25) is 0 Å². The number of aryl methyl sites for hydroxylation is 1. The maximum Gasteiger partial charge on any atom is 0.141 e.